The van der Waals surface area contributed by atoms with Gasteiger partial charge in [0.15, 0.2) is 6.29 Å². The standard InChI is InChI=1S/C14H26N2O4/c15-12(17)8-4-2-1-3-5-9-13(18)16-20-14-10-6-7-11-19-14/h14H,1-11H2,(H2,15,17)(H,16,18). The van der Waals surface area contributed by atoms with Gasteiger partial charge in [0.05, 0.1) is 0 Å². The molecule has 0 bridgehead atoms. The second-order valence-corrected chi connectivity index (χ2v) is 5.17. The summed E-state index contributed by atoms with van der Waals surface area (Å²) in [6, 6.07) is 0. The first kappa shape index (κ1) is 16.9. The first-order valence-electron chi connectivity index (χ1n) is 7.53. The minimum atomic E-state index is -0.290. The molecule has 1 heterocycles. The molecule has 0 saturated carbocycles. The van der Waals surface area contributed by atoms with E-state index in [1.807, 2.05) is 0 Å². The molecule has 0 aromatic rings. The van der Waals surface area contributed by atoms with Crippen molar-refractivity contribution in [3.05, 3.63) is 0 Å². The van der Waals surface area contributed by atoms with E-state index in [4.69, 9.17) is 15.3 Å². The highest BCUT2D eigenvalue weighted by Crippen LogP contribution is 2.12. The molecule has 1 aliphatic rings. The SMILES string of the molecule is NC(=O)CCCCCCCC(=O)NOC1CCCCO1. The summed E-state index contributed by atoms with van der Waals surface area (Å²) in [4.78, 5) is 27.2. The van der Waals surface area contributed by atoms with Crippen molar-refractivity contribution in [3.8, 4) is 0 Å². The zero-order chi connectivity index (χ0) is 14.6. The van der Waals surface area contributed by atoms with Gasteiger partial charge < -0.3 is 10.5 Å². The molecule has 1 saturated heterocycles. The number of carbonyl (C=O) groups is 2. The molecule has 116 valence electrons. The average molecular weight is 286 g/mol. The van der Waals surface area contributed by atoms with Crippen LogP contribution in [0.4, 0.5) is 0 Å². The number of ether oxygens (including phenoxy) is 1. The molecule has 6 nitrogen and oxygen atoms in total. The summed E-state index contributed by atoms with van der Waals surface area (Å²) >= 11 is 0. The predicted octanol–water partition coefficient (Wildman–Crippen LogP) is 1.78. The molecule has 0 radical (unpaired) electrons. The number of nitrogens with two attached hydrogens (primary N) is 1. The van der Waals surface area contributed by atoms with Gasteiger partial charge in [-0.05, 0) is 25.7 Å². The average Bonchev–Trinajstić information content (AvgIpc) is 2.45. The highest BCUT2D eigenvalue weighted by molar-refractivity contribution is 5.74. The third kappa shape index (κ3) is 8.87. The van der Waals surface area contributed by atoms with Crippen molar-refractivity contribution in [1.82, 2.24) is 5.48 Å². The highest BCUT2D eigenvalue weighted by Gasteiger charge is 2.15. The van der Waals surface area contributed by atoms with Crippen molar-refractivity contribution in [2.75, 3.05) is 6.61 Å². The van der Waals surface area contributed by atoms with Gasteiger partial charge in [-0.15, -0.1) is 0 Å². The topological polar surface area (TPSA) is 90.7 Å². The maximum Gasteiger partial charge on any atom is 0.243 e. The third-order valence-electron chi connectivity index (χ3n) is 3.27. The smallest absolute Gasteiger partial charge is 0.243 e. The molecule has 1 atom stereocenters. The van der Waals surface area contributed by atoms with E-state index in [0.29, 0.717) is 19.4 Å². The molecule has 0 aromatic heterocycles. The zero-order valence-corrected chi connectivity index (χ0v) is 12.1. The minimum absolute atomic E-state index is 0.101. The molecule has 1 aliphatic heterocycles. The Morgan fingerprint density at radius 1 is 1.10 bits per heavy atom. The molecular weight excluding hydrogens is 260 g/mol. The summed E-state index contributed by atoms with van der Waals surface area (Å²) in [5.74, 6) is -0.345. The van der Waals surface area contributed by atoms with Crippen molar-refractivity contribution >= 4 is 11.8 Å². The number of rotatable bonds is 10. The van der Waals surface area contributed by atoms with E-state index < -0.39 is 0 Å². The molecule has 1 unspecified atom stereocenters. The summed E-state index contributed by atoms with van der Waals surface area (Å²) in [6.07, 6.45) is 8.24. The predicted molar refractivity (Wildman–Crippen MR) is 74.3 cm³/mol. The second-order valence-electron chi connectivity index (χ2n) is 5.17. The Labute approximate surface area is 120 Å². The van der Waals surface area contributed by atoms with Crippen LogP contribution in [0, 0.1) is 0 Å². The molecule has 1 fully saturated rings. The molecule has 0 aliphatic carbocycles. The normalized spacial score (nSPS) is 18.7. The summed E-state index contributed by atoms with van der Waals surface area (Å²) < 4.78 is 5.34. The van der Waals surface area contributed by atoms with Crippen molar-refractivity contribution in [2.24, 2.45) is 5.73 Å². The number of primary amides is 1. The molecule has 2 amide bonds. The van der Waals surface area contributed by atoms with Gasteiger partial charge in [0.2, 0.25) is 11.8 Å². The van der Waals surface area contributed by atoms with Crippen LogP contribution in [0.2, 0.25) is 0 Å². The number of hydrogen-bond donors (Lipinski definition) is 2. The van der Waals surface area contributed by atoms with Crippen LogP contribution in [0.3, 0.4) is 0 Å². The molecular formula is C14H26N2O4. The van der Waals surface area contributed by atoms with Gasteiger partial charge in [-0.3, -0.25) is 9.59 Å². The van der Waals surface area contributed by atoms with E-state index in [1.165, 1.54) is 0 Å². The lowest BCUT2D eigenvalue weighted by atomic mass is 10.1. The van der Waals surface area contributed by atoms with Gasteiger partial charge in [-0.2, -0.15) is 0 Å². The fourth-order valence-electron chi connectivity index (χ4n) is 2.10. The zero-order valence-electron chi connectivity index (χ0n) is 12.1. The summed E-state index contributed by atoms with van der Waals surface area (Å²) in [6.45, 7) is 0.700. The Morgan fingerprint density at radius 3 is 2.45 bits per heavy atom. The first-order valence-corrected chi connectivity index (χ1v) is 7.53. The number of amides is 2. The van der Waals surface area contributed by atoms with Crippen LogP contribution in [0.15, 0.2) is 0 Å². The number of hydroxylamine groups is 1. The quantitative estimate of drug-likeness (QED) is 0.473. The van der Waals surface area contributed by atoms with E-state index >= 15 is 0 Å². The Kier molecular flexibility index (Phi) is 8.98. The summed E-state index contributed by atoms with van der Waals surface area (Å²) in [5, 5.41) is 0. The molecule has 6 heteroatoms. The van der Waals surface area contributed by atoms with E-state index in [9.17, 15) is 9.59 Å². The van der Waals surface area contributed by atoms with Crippen LogP contribution < -0.4 is 11.2 Å². The Bertz CT molecular complexity index is 291. The maximum atomic E-state index is 11.5. The largest absolute Gasteiger partial charge is 0.370 e. The van der Waals surface area contributed by atoms with E-state index in [1.54, 1.807) is 0 Å². The maximum absolute atomic E-state index is 11.5. The number of carbonyl (C=O) groups excluding carboxylic acids is 2. The second kappa shape index (κ2) is 10.6. The van der Waals surface area contributed by atoms with Crippen molar-refractivity contribution in [3.63, 3.8) is 0 Å². The molecule has 0 spiro atoms. The van der Waals surface area contributed by atoms with Crippen LogP contribution in [0.25, 0.3) is 0 Å². The summed E-state index contributed by atoms with van der Waals surface area (Å²) in [5.41, 5.74) is 7.50. The Hall–Kier alpha value is -1.14. The van der Waals surface area contributed by atoms with E-state index in [2.05, 4.69) is 5.48 Å². The first-order chi connectivity index (χ1) is 9.68. The molecule has 1 rings (SSSR count). The molecule has 20 heavy (non-hydrogen) atoms. The summed E-state index contributed by atoms with van der Waals surface area (Å²) in [7, 11) is 0. The fourth-order valence-corrected chi connectivity index (χ4v) is 2.10. The van der Waals surface area contributed by atoms with Gasteiger partial charge in [-0.25, -0.2) is 10.3 Å². The lowest BCUT2D eigenvalue weighted by Crippen LogP contribution is -2.32. The van der Waals surface area contributed by atoms with E-state index in [0.717, 1.165) is 51.4 Å². The monoisotopic (exact) mass is 286 g/mol. The number of hydrogen-bond acceptors (Lipinski definition) is 4. The lowest BCUT2D eigenvalue weighted by molar-refractivity contribution is -0.200. The molecule has 0 aromatic carbocycles. The van der Waals surface area contributed by atoms with Crippen molar-refractivity contribution in [1.29, 1.82) is 0 Å². The van der Waals surface area contributed by atoms with Gasteiger partial charge in [0.1, 0.15) is 0 Å². The Morgan fingerprint density at radius 2 is 1.80 bits per heavy atom. The van der Waals surface area contributed by atoms with Gasteiger partial charge in [0, 0.05) is 25.9 Å². The van der Waals surface area contributed by atoms with Crippen LogP contribution in [-0.2, 0) is 19.2 Å². The number of nitrogens with one attached hydrogen (secondary N) is 1. The van der Waals surface area contributed by atoms with Gasteiger partial charge >= 0.3 is 0 Å². The van der Waals surface area contributed by atoms with E-state index in [-0.39, 0.29) is 18.1 Å². The Balaban J connectivity index is 1.88. The molecule has 3 N–H and O–H groups in total. The highest BCUT2D eigenvalue weighted by atomic mass is 16.8. The lowest BCUT2D eigenvalue weighted by Gasteiger charge is -2.22. The fraction of sp³-hybridized carbons (Fsp3) is 0.857. The minimum Gasteiger partial charge on any atom is -0.370 e. The van der Waals surface area contributed by atoms with Crippen molar-refractivity contribution in [2.45, 2.75) is 70.5 Å². The van der Waals surface area contributed by atoms with Crippen LogP contribution in [0.1, 0.15) is 64.2 Å². The van der Waals surface area contributed by atoms with Gasteiger partial charge in [0.25, 0.3) is 0 Å². The third-order valence-corrected chi connectivity index (χ3v) is 3.27. The van der Waals surface area contributed by atoms with Crippen molar-refractivity contribution < 1.29 is 19.2 Å². The van der Waals surface area contributed by atoms with Crippen LogP contribution in [-0.4, -0.2) is 24.7 Å². The number of unbranched alkanes of at least 4 members (excludes halogenated alkanes) is 4. The van der Waals surface area contributed by atoms with Gasteiger partial charge in [-0.1, -0.05) is 19.3 Å². The van der Waals surface area contributed by atoms with Crippen LogP contribution >= 0.6 is 0 Å². The van der Waals surface area contributed by atoms with Crippen LogP contribution in [0.5, 0.6) is 0 Å².